The number of thioether (sulfide) groups is 1. The fraction of sp³-hybridized carbons (Fsp3) is 0.231. The highest BCUT2D eigenvalue weighted by atomic mass is 32.2. The predicted octanol–water partition coefficient (Wildman–Crippen LogP) is 2.58. The summed E-state index contributed by atoms with van der Waals surface area (Å²) in [6.45, 7) is 2.00. The Hall–Kier alpha value is -1.33. The van der Waals surface area contributed by atoms with Gasteiger partial charge in [0.15, 0.2) is 0 Å². The van der Waals surface area contributed by atoms with Crippen molar-refractivity contribution < 1.29 is 9.53 Å². The third-order valence-corrected chi connectivity index (χ3v) is 3.84. The van der Waals surface area contributed by atoms with E-state index in [-0.39, 0.29) is 5.91 Å². The van der Waals surface area contributed by atoms with Crippen LogP contribution in [0.15, 0.2) is 29.2 Å². The van der Waals surface area contributed by atoms with Crippen molar-refractivity contribution in [2.24, 2.45) is 0 Å². The molecule has 18 heavy (non-hydrogen) atoms. The fourth-order valence-corrected chi connectivity index (χ4v) is 2.75. The maximum Gasteiger partial charge on any atom is 0.263 e. The number of thiocarbonyl (C=S) groups is 1. The molecule has 1 N–H and O–H groups in total. The Bertz CT molecular complexity index is 538. The molecule has 0 atom stereocenters. The molecule has 0 aromatic heterocycles. The molecule has 94 valence electrons. The van der Waals surface area contributed by atoms with Crippen LogP contribution in [0.3, 0.4) is 0 Å². The highest BCUT2D eigenvalue weighted by Gasteiger charge is 2.21. The summed E-state index contributed by atoms with van der Waals surface area (Å²) in [5, 5.41) is 2.60. The van der Waals surface area contributed by atoms with Gasteiger partial charge in [0.05, 0.1) is 12.0 Å². The molecule has 1 heterocycles. The van der Waals surface area contributed by atoms with E-state index >= 15 is 0 Å². The first kappa shape index (κ1) is 13.1. The monoisotopic (exact) mass is 279 g/mol. The van der Waals surface area contributed by atoms with Gasteiger partial charge < -0.3 is 10.1 Å². The van der Waals surface area contributed by atoms with Crippen molar-refractivity contribution in [3.05, 3.63) is 40.3 Å². The van der Waals surface area contributed by atoms with Crippen LogP contribution >= 0.6 is 24.0 Å². The van der Waals surface area contributed by atoms with Crippen LogP contribution in [0.5, 0.6) is 5.75 Å². The molecule has 3 nitrogen and oxygen atoms in total. The van der Waals surface area contributed by atoms with Crippen LogP contribution in [0.1, 0.15) is 11.1 Å². The van der Waals surface area contributed by atoms with E-state index in [1.807, 2.05) is 25.1 Å². The minimum atomic E-state index is -0.102. The molecule has 1 aliphatic heterocycles. The third-order valence-electron chi connectivity index (χ3n) is 2.62. The lowest BCUT2D eigenvalue weighted by atomic mass is 10.1. The van der Waals surface area contributed by atoms with E-state index in [1.54, 1.807) is 7.11 Å². The number of allylic oxidation sites excluding steroid dienone is 1. The van der Waals surface area contributed by atoms with Crippen molar-refractivity contribution >= 4 is 34.2 Å². The van der Waals surface area contributed by atoms with E-state index in [0.717, 1.165) is 16.9 Å². The molecular weight excluding hydrogens is 266 g/mol. The summed E-state index contributed by atoms with van der Waals surface area (Å²) in [6, 6.07) is 6.00. The highest BCUT2D eigenvalue weighted by molar-refractivity contribution is 8.26. The Morgan fingerprint density at radius 2 is 2.28 bits per heavy atom. The van der Waals surface area contributed by atoms with Gasteiger partial charge in [-0.3, -0.25) is 4.79 Å². The standard InChI is InChI=1S/C13H13NO2S2/c1-8-7-9(3-5-10(8)16-2)4-6-11-12(15)14-13(17)18-11/h3,5-7H,4H2,1-2H3,(H,14,15,17). The van der Waals surface area contributed by atoms with Crippen LogP contribution in [0.25, 0.3) is 0 Å². The van der Waals surface area contributed by atoms with Crippen molar-refractivity contribution in [2.45, 2.75) is 13.3 Å². The van der Waals surface area contributed by atoms with Crippen molar-refractivity contribution in [2.75, 3.05) is 7.11 Å². The van der Waals surface area contributed by atoms with Crippen LogP contribution in [-0.4, -0.2) is 17.3 Å². The number of hydrogen-bond donors (Lipinski definition) is 1. The molecule has 0 unspecified atom stereocenters. The summed E-state index contributed by atoms with van der Waals surface area (Å²) >= 11 is 6.24. The number of aryl methyl sites for hydroxylation is 1. The Morgan fingerprint density at radius 3 is 2.83 bits per heavy atom. The number of hydrogen-bond acceptors (Lipinski definition) is 4. The summed E-state index contributed by atoms with van der Waals surface area (Å²) in [4.78, 5) is 12.1. The van der Waals surface area contributed by atoms with E-state index in [0.29, 0.717) is 15.6 Å². The van der Waals surface area contributed by atoms with E-state index < -0.39 is 0 Å². The number of carbonyl (C=O) groups excluding carboxylic acids is 1. The van der Waals surface area contributed by atoms with Gasteiger partial charge in [0, 0.05) is 0 Å². The molecule has 0 radical (unpaired) electrons. The minimum absolute atomic E-state index is 0.102. The van der Waals surface area contributed by atoms with Gasteiger partial charge >= 0.3 is 0 Å². The van der Waals surface area contributed by atoms with Gasteiger partial charge in [0.1, 0.15) is 10.1 Å². The molecule has 0 spiro atoms. The third kappa shape index (κ3) is 2.91. The van der Waals surface area contributed by atoms with E-state index in [9.17, 15) is 4.79 Å². The molecular formula is C13H13NO2S2. The Balaban J connectivity index is 2.11. The molecule has 1 aromatic carbocycles. The number of carbonyl (C=O) groups is 1. The van der Waals surface area contributed by atoms with Gasteiger partial charge in [0.25, 0.3) is 5.91 Å². The van der Waals surface area contributed by atoms with Gasteiger partial charge in [-0.15, -0.1) is 0 Å². The molecule has 1 amide bonds. The zero-order chi connectivity index (χ0) is 13.1. The quantitative estimate of drug-likeness (QED) is 0.682. The normalized spacial score (nSPS) is 17.1. The molecule has 1 aromatic rings. The molecule has 1 fully saturated rings. The number of nitrogens with one attached hydrogen (secondary N) is 1. The first-order valence-corrected chi connectivity index (χ1v) is 6.69. The maximum absolute atomic E-state index is 11.5. The molecule has 2 rings (SSSR count). The lowest BCUT2D eigenvalue weighted by Gasteiger charge is -2.05. The zero-order valence-corrected chi connectivity index (χ0v) is 11.8. The van der Waals surface area contributed by atoms with Gasteiger partial charge in [-0.05, 0) is 30.5 Å². The summed E-state index contributed by atoms with van der Waals surface area (Å²) < 4.78 is 5.73. The lowest BCUT2D eigenvalue weighted by Crippen LogP contribution is -2.17. The molecule has 1 aliphatic rings. The zero-order valence-electron chi connectivity index (χ0n) is 10.1. The summed E-state index contributed by atoms with van der Waals surface area (Å²) in [6.07, 6.45) is 2.61. The average molecular weight is 279 g/mol. The molecule has 1 saturated heterocycles. The van der Waals surface area contributed by atoms with Crippen LogP contribution in [0, 0.1) is 6.92 Å². The molecule has 0 aliphatic carbocycles. The Kier molecular flexibility index (Phi) is 4.04. The Morgan fingerprint density at radius 1 is 1.50 bits per heavy atom. The second kappa shape index (κ2) is 5.54. The topological polar surface area (TPSA) is 38.3 Å². The Labute approximate surface area is 116 Å². The maximum atomic E-state index is 11.5. The molecule has 0 bridgehead atoms. The fourth-order valence-electron chi connectivity index (χ4n) is 1.74. The van der Waals surface area contributed by atoms with Crippen LogP contribution in [0.4, 0.5) is 0 Å². The second-order valence-corrected chi connectivity index (χ2v) is 5.64. The van der Waals surface area contributed by atoms with Crippen LogP contribution in [-0.2, 0) is 11.2 Å². The van der Waals surface area contributed by atoms with E-state index in [1.165, 1.54) is 11.8 Å². The van der Waals surface area contributed by atoms with E-state index in [2.05, 4.69) is 11.4 Å². The summed E-state index contributed by atoms with van der Waals surface area (Å²) in [5.74, 6) is 0.774. The largest absolute Gasteiger partial charge is 0.496 e. The average Bonchev–Trinajstić information content (AvgIpc) is 2.65. The van der Waals surface area contributed by atoms with Crippen molar-refractivity contribution in [3.8, 4) is 5.75 Å². The van der Waals surface area contributed by atoms with Gasteiger partial charge in [-0.1, -0.05) is 42.2 Å². The number of rotatable bonds is 3. The summed E-state index contributed by atoms with van der Waals surface area (Å²) in [7, 11) is 1.66. The molecule has 5 heteroatoms. The van der Waals surface area contributed by atoms with Gasteiger partial charge in [0.2, 0.25) is 0 Å². The first-order chi connectivity index (χ1) is 8.60. The number of ether oxygens (including phenoxy) is 1. The van der Waals surface area contributed by atoms with Crippen molar-refractivity contribution in [1.82, 2.24) is 5.32 Å². The van der Waals surface area contributed by atoms with E-state index in [4.69, 9.17) is 17.0 Å². The SMILES string of the molecule is COc1ccc(CC=C2SC(=S)NC2=O)cc1C. The predicted molar refractivity (Wildman–Crippen MR) is 77.8 cm³/mol. The van der Waals surface area contributed by atoms with Crippen molar-refractivity contribution in [1.29, 1.82) is 0 Å². The number of benzene rings is 1. The van der Waals surface area contributed by atoms with Gasteiger partial charge in [-0.2, -0.15) is 0 Å². The van der Waals surface area contributed by atoms with Gasteiger partial charge in [-0.25, -0.2) is 0 Å². The smallest absolute Gasteiger partial charge is 0.263 e. The van der Waals surface area contributed by atoms with Crippen LogP contribution < -0.4 is 10.1 Å². The summed E-state index contributed by atoms with van der Waals surface area (Å²) in [5.41, 5.74) is 2.24. The number of methoxy groups -OCH3 is 1. The number of amides is 1. The highest BCUT2D eigenvalue weighted by Crippen LogP contribution is 2.25. The lowest BCUT2D eigenvalue weighted by molar-refractivity contribution is -0.115. The van der Waals surface area contributed by atoms with Crippen LogP contribution in [0.2, 0.25) is 0 Å². The second-order valence-electron chi connectivity index (χ2n) is 3.92. The minimum Gasteiger partial charge on any atom is -0.496 e. The first-order valence-electron chi connectivity index (χ1n) is 5.47. The molecule has 0 saturated carbocycles. The van der Waals surface area contributed by atoms with Crippen molar-refractivity contribution in [3.63, 3.8) is 0 Å².